The average molecular weight is 409 g/mol. The third kappa shape index (κ3) is 4.60. The fourth-order valence-corrected chi connectivity index (χ4v) is 3.18. The van der Waals surface area contributed by atoms with Gasteiger partial charge in [0.15, 0.2) is 5.96 Å². The second kappa shape index (κ2) is 7.61. The largest absolute Gasteiger partial charge is 0.383 e. The lowest BCUT2D eigenvalue weighted by atomic mass is 9.99. The van der Waals surface area contributed by atoms with E-state index in [1.807, 2.05) is 16.8 Å². The van der Waals surface area contributed by atoms with Gasteiger partial charge in [0, 0.05) is 13.1 Å². The fraction of sp³-hybridized carbons (Fsp3) is 0.643. The van der Waals surface area contributed by atoms with E-state index in [1.165, 1.54) is 6.42 Å². The molecule has 1 saturated heterocycles. The Kier molecular flexibility index (Phi) is 6.74. The number of halogens is 1. The van der Waals surface area contributed by atoms with Gasteiger partial charge in [0.1, 0.15) is 5.60 Å². The van der Waals surface area contributed by atoms with Crippen molar-refractivity contribution in [3.63, 3.8) is 0 Å². The van der Waals surface area contributed by atoms with Gasteiger partial charge in [-0.3, -0.25) is 0 Å². The third-order valence-corrected chi connectivity index (χ3v) is 4.36. The number of thiophene rings is 1. The van der Waals surface area contributed by atoms with Crippen LogP contribution < -0.4 is 5.73 Å². The second-order valence-corrected chi connectivity index (χ2v) is 6.43. The van der Waals surface area contributed by atoms with E-state index in [1.54, 1.807) is 18.3 Å². The molecule has 0 amide bonds. The molecule has 2 heterocycles. The molecule has 2 atom stereocenters. The lowest BCUT2D eigenvalue weighted by molar-refractivity contribution is 0.0674. The first-order chi connectivity index (χ1) is 8.99. The van der Waals surface area contributed by atoms with Crippen LogP contribution in [0.4, 0.5) is 0 Å². The molecular formula is C14H24IN3OS. The summed E-state index contributed by atoms with van der Waals surface area (Å²) in [5.41, 5.74) is 6.00. The second-order valence-electron chi connectivity index (χ2n) is 5.65. The molecule has 1 aliphatic rings. The number of likely N-dealkylation sites (tertiary alicyclic amines) is 1. The molecule has 2 rings (SSSR count). The van der Waals surface area contributed by atoms with E-state index in [2.05, 4.69) is 16.8 Å². The van der Waals surface area contributed by atoms with E-state index in [0.717, 1.165) is 25.1 Å². The van der Waals surface area contributed by atoms with Crippen LogP contribution in [0.25, 0.3) is 0 Å². The minimum atomic E-state index is -0.938. The Bertz CT molecular complexity index is 434. The number of guanidine groups is 1. The molecule has 0 aromatic carbocycles. The van der Waals surface area contributed by atoms with E-state index in [-0.39, 0.29) is 24.0 Å². The molecule has 1 fully saturated rings. The van der Waals surface area contributed by atoms with Gasteiger partial charge in [-0.1, -0.05) is 6.92 Å². The van der Waals surface area contributed by atoms with Crippen molar-refractivity contribution in [2.24, 2.45) is 16.6 Å². The molecule has 0 saturated carbocycles. The number of aliphatic hydroxyl groups is 1. The van der Waals surface area contributed by atoms with Crippen molar-refractivity contribution in [1.29, 1.82) is 0 Å². The van der Waals surface area contributed by atoms with Gasteiger partial charge in [0.05, 0.1) is 6.54 Å². The molecule has 1 aliphatic heterocycles. The van der Waals surface area contributed by atoms with Crippen LogP contribution in [-0.4, -0.2) is 35.6 Å². The van der Waals surface area contributed by atoms with Gasteiger partial charge < -0.3 is 15.7 Å². The van der Waals surface area contributed by atoms with Crippen molar-refractivity contribution in [2.75, 3.05) is 19.6 Å². The monoisotopic (exact) mass is 409 g/mol. The van der Waals surface area contributed by atoms with Crippen LogP contribution in [-0.2, 0) is 5.60 Å². The SMILES string of the molecule is CC1CCCN(C(N)=NCC(C)(O)c2ccsc2)C1.I. The lowest BCUT2D eigenvalue weighted by Crippen LogP contribution is -2.44. The molecule has 3 N–H and O–H groups in total. The fourth-order valence-electron chi connectivity index (χ4n) is 2.39. The van der Waals surface area contributed by atoms with Gasteiger partial charge in [0.2, 0.25) is 0 Å². The number of aliphatic imine (C=N–C) groups is 1. The Balaban J connectivity index is 0.00000200. The normalized spacial score (nSPS) is 23.1. The predicted molar refractivity (Wildman–Crippen MR) is 95.8 cm³/mol. The van der Waals surface area contributed by atoms with Crippen molar-refractivity contribution in [1.82, 2.24) is 4.90 Å². The van der Waals surface area contributed by atoms with Gasteiger partial charge >= 0.3 is 0 Å². The molecule has 0 bridgehead atoms. The lowest BCUT2D eigenvalue weighted by Gasteiger charge is -2.32. The first-order valence-corrected chi connectivity index (χ1v) is 7.73. The number of rotatable bonds is 3. The van der Waals surface area contributed by atoms with Crippen LogP contribution in [0, 0.1) is 5.92 Å². The predicted octanol–water partition coefficient (Wildman–Crippen LogP) is 2.62. The molecule has 0 radical (unpaired) electrons. The molecule has 1 aromatic heterocycles. The van der Waals surface area contributed by atoms with Crippen molar-refractivity contribution in [3.8, 4) is 0 Å². The third-order valence-electron chi connectivity index (χ3n) is 3.67. The van der Waals surface area contributed by atoms with Gasteiger partial charge in [-0.25, -0.2) is 4.99 Å². The van der Waals surface area contributed by atoms with Crippen LogP contribution in [0.3, 0.4) is 0 Å². The van der Waals surface area contributed by atoms with Crippen molar-refractivity contribution in [3.05, 3.63) is 22.4 Å². The zero-order valence-corrected chi connectivity index (χ0v) is 15.2. The quantitative estimate of drug-likeness (QED) is 0.459. The Morgan fingerprint density at radius 2 is 2.40 bits per heavy atom. The maximum atomic E-state index is 10.4. The van der Waals surface area contributed by atoms with E-state index in [0.29, 0.717) is 18.4 Å². The highest BCUT2D eigenvalue weighted by Crippen LogP contribution is 2.23. The van der Waals surface area contributed by atoms with Gasteiger partial charge in [-0.05, 0) is 48.1 Å². The van der Waals surface area contributed by atoms with Crippen LogP contribution in [0.5, 0.6) is 0 Å². The highest BCUT2D eigenvalue weighted by Gasteiger charge is 2.24. The summed E-state index contributed by atoms with van der Waals surface area (Å²) in [6.07, 6.45) is 2.43. The Labute approximate surface area is 142 Å². The summed E-state index contributed by atoms with van der Waals surface area (Å²) < 4.78 is 0. The van der Waals surface area contributed by atoms with E-state index >= 15 is 0 Å². The number of nitrogens with two attached hydrogens (primary N) is 1. The standard InChI is InChI=1S/C14H23N3OS.HI/c1-11-4-3-6-17(8-11)13(15)16-10-14(2,18)12-5-7-19-9-12;/h5,7,9,11,18H,3-4,6,8,10H2,1-2H3,(H2,15,16);1H. The minimum Gasteiger partial charge on any atom is -0.383 e. The highest BCUT2D eigenvalue weighted by atomic mass is 127. The molecule has 6 heteroatoms. The Morgan fingerprint density at radius 1 is 1.65 bits per heavy atom. The average Bonchev–Trinajstić information content (AvgIpc) is 2.90. The highest BCUT2D eigenvalue weighted by molar-refractivity contribution is 14.0. The summed E-state index contributed by atoms with van der Waals surface area (Å²) in [6.45, 7) is 6.27. The van der Waals surface area contributed by atoms with Gasteiger partial charge in [0.25, 0.3) is 0 Å². The smallest absolute Gasteiger partial charge is 0.191 e. The van der Waals surface area contributed by atoms with Crippen LogP contribution in [0.1, 0.15) is 32.3 Å². The zero-order chi connectivity index (χ0) is 13.9. The van der Waals surface area contributed by atoms with E-state index < -0.39 is 5.60 Å². The molecular weight excluding hydrogens is 385 g/mol. The molecule has 0 aliphatic carbocycles. The topological polar surface area (TPSA) is 61.8 Å². The van der Waals surface area contributed by atoms with Gasteiger partial charge in [-0.15, -0.1) is 24.0 Å². The molecule has 4 nitrogen and oxygen atoms in total. The van der Waals surface area contributed by atoms with Crippen molar-refractivity contribution in [2.45, 2.75) is 32.3 Å². The maximum Gasteiger partial charge on any atom is 0.191 e. The maximum absolute atomic E-state index is 10.4. The van der Waals surface area contributed by atoms with Crippen LogP contribution in [0.15, 0.2) is 21.8 Å². The molecule has 1 aromatic rings. The van der Waals surface area contributed by atoms with Crippen LogP contribution in [0.2, 0.25) is 0 Å². The minimum absolute atomic E-state index is 0. The summed E-state index contributed by atoms with van der Waals surface area (Å²) in [4.78, 5) is 6.51. The molecule has 20 heavy (non-hydrogen) atoms. The Hall–Kier alpha value is -0.340. The summed E-state index contributed by atoms with van der Waals surface area (Å²) in [7, 11) is 0. The molecule has 2 unspecified atom stereocenters. The number of hydrogen-bond acceptors (Lipinski definition) is 3. The molecule has 0 spiro atoms. The Morgan fingerprint density at radius 3 is 3.00 bits per heavy atom. The zero-order valence-electron chi connectivity index (χ0n) is 12.1. The van der Waals surface area contributed by atoms with E-state index in [4.69, 9.17) is 5.73 Å². The summed E-state index contributed by atoms with van der Waals surface area (Å²) >= 11 is 1.58. The van der Waals surface area contributed by atoms with Crippen LogP contribution >= 0.6 is 35.3 Å². The van der Waals surface area contributed by atoms with Gasteiger partial charge in [-0.2, -0.15) is 11.3 Å². The first-order valence-electron chi connectivity index (χ1n) is 6.79. The summed E-state index contributed by atoms with van der Waals surface area (Å²) in [5.74, 6) is 1.22. The molecule has 114 valence electrons. The summed E-state index contributed by atoms with van der Waals surface area (Å²) in [5, 5.41) is 14.3. The first kappa shape index (κ1) is 17.7. The number of nitrogens with zero attached hydrogens (tertiary/aromatic N) is 2. The number of hydrogen-bond donors (Lipinski definition) is 2. The van der Waals surface area contributed by atoms with Crippen molar-refractivity contribution < 1.29 is 5.11 Å². The van der Waals surface area contributed by atoms with Crippen molar-refractivity contribution >= 4 is 41.3 Å². The van der Waals surface area contributed by atoms with E-state index in [9.17, 15) is 5.11 Å². The number of piperidine rings is 1. The summed E-state index contributed by atoms with van der Waals surface area (Å²) in [6, 6.07) is 1.93.